The molecule has 0 bridgehead atoms. The number of nitrogens with one attached hydrogen (secondary N) is 2. The van der Waals surface area contributed by atoms with Crippen LogP contribution < -0.4 is 24.8 Å². The zero-order valence-electron chi connectivity index (χ0n) is 16.6. The van der Waals surface area contributed by atoms with Crippen LogP contribution in [0.3, 0.4) is 0 Å². The molecule has 0 fully saturated rings. The molecule has 0 aliphatic carbocycles. The van der Waals surface area contributed by atoms with Crippen molar-refractivity contribution in [3.05, 3.63) is 50.2 Å². The van der Waals surface area contributed by atoms with E-state index in [0.717, 1.165) is 15.7 Å². The lowest BCUT2D eigenvalue weighted by Crippen LogP contribution is -2.34. The molecule has 11 heteroatoms. The number of benzene rings is 2. The molecule has 31 heavy (non-hydrogen) atoms. The molecular formula is C20H17Br2N3O4S2. The van der Waals surface area contributed by atoms with Crippen molar-refractivity contribution in [2.24, 2.45) is 0 Å². The summed E-state index contributed by atoms with van der Waals surface area (Å²) in [4.78, 5) is 17.2. The summed E-state index contributed by atoms with van der Waals surface area (Å²) in [7, 11) is 4.66. The van der Waals surface area contributed by atoms with Gasteiger partial charge in [0.1, 0.15) is 5.75 Å². The van der Waals surface area contributed by atoms with Gasteiger partial charge in [-0.3, -0.25) is 10.1 Å². The molecule has 1 aromatic heterocycles. The number of halogens is 2. The van der Waals surface area contributed by atoms with Crippen molar-refractivity contribution >= 4 is 71.6 Å². The van der Waals surface area contributed by atoms with Crippen LogP contribution in [-0.4, -0.2) is 37.3 Å². The number of amides is 1. The Kier molecular flexibility index (Phi) is 7.87. The van der Waals surface area contributed by atoms with Gasteiger partial charge >= 0.3 is 0 Å². The molecule has 0 saturated heterocycles. The number of carbonyl (C=O) groups is 1. The van der Waals surface area contributed by atoms with Crippen LogP contribution in [0, 0.1) is 0 Å². The highest BCUT2D eigenvalue weighted by Crippen LogP contribution is 2.34. The number of anilines is 1. The minimum atomic E-state index is -0.409. The molecule has 0 radical (unpaired) electrons. The number of aromatic nitrogens is 1. The van der Waals surface area contributed by atoms with Crippen LogP contribution in [0.15, 0.2) is 44.7 Å². The predicted molar refractivity (Wildman–Crippen MR) is 133 cm³/mol. The fourth-order valence-electron chi connectivity index (χ4n) is 2.69. The Hall–Kier alpha value is -2.21. The van der Waals surface area contributed by atoms with Gasteiger partial charge in [-0.2, -0.15) is 0 Å². The quantitative estimate of drug-likeness (QED) is 0.370. The van der Waals surface area contributed by atoms with Crippen molar-refractivity contribution in [2.45, 2.75) is 0 Å². The number of ether oxygens (including phenoxy) is 3. The molecule has 3 aromatic rings. The first kappa shape index (κ1) is 23.5. The maximum Gasteiger partial charge on any atom is 0.261 e. The molecule has 0 aliphatic heterocycles. The minimum Gasteiger partial charge on any atom is -0.495 e. The molecule has 0 aliphatic rings. The molecule has 0 spiro atoms. The SMILES string of the molecule is COc1ccc(-c2csc(NC(=S)NC(=O)c3cc(Br)cc(Br)c3OC)n2)cc1OC. The van der Waals surface area contributed by atoms with Gasteiger partial charge in [0.25, 0.3) is 5.91 Å². The van der Waals surface area contributed by atoms with Crippen LogP contribution in [0.1, 0.15) is 10.4 Å². The van der Waals surface area contributed by atoms with Crippen molar-refractivity contribution in [3.63, 3.8) is 0 Å². The predicted octanol–water partition coefficient (Wildman–Crippen LogP) is 5.49. The van der Waals surface area contributed by atoms with Crippen molar-refractivity contribution in [2.75, 3.05) is 26.6 Å². The summed E-state index contributed by atoms with van der Waals surface area (Å²) >= 11 is 13.4. The maximum absolute atomic E-state index is 12.7. The van der Waals surface area contributed by atoms with E-state index in [1.54, 1.807) is 26.4 Å². The zero-order chi connectivity index (χ0) is 22.5. The van der Waals surface area contributed by atoms with Crippen LogP contribution in [0.4, 0.5) is 5.13 Å². The van der Waals surface area contributed by atoms with Gasteiger partial charge in [0.05, 0.1) is 37.1 Å². The first-order valence-electron chi connectivity index (χ1n) is 8.69. The van der Waals surface area contributed by atoms with E-state index in [-0.39, 0.29) is 5.11 Å². The highest BCUT2D eigenvalue weighted by molar-refractivity contribution is 9.11. The number of rotatable bonds is 6. The molecule has 1 heterocycles. The van der Waals surface area contributed by atoms with Crippen LogP contribution in [0.25, 0.3) is 11.3 Å². The van der Waals surface area contributed by atoms with E-state index in [0.29, 0.717) is 32.4 Å². The molecule has 0 unspecified atom stereocenters. The summed E-state index contributed by atoms with van der Waals surface area (Å²) in [6.07, 6.45) is 0. The molecule has 2 aromatic carbocycles. The smallest absolute Gasteiger partial charge is 0.261 e. The van der Waals surface area contributed by atoms with E-state index in [4.69, 9.17) is 26.4 Å². The fourth-order valence-corrected chi connectivity index (χ4v) is 5.06. The highest BCUT2D eigenvalue weighted by atomic mass is 79.9. The summed E-state index contributed by atoms with van der Waals surface area (Å²) in [5.74, 6) is 1.25. The van der Waals surface area contributed by atoms with E-state index in [9.17, 15) is 4.79 Å². The fraction of sp³-hybridized carbons (Fsp3) is 0.150. The number of hydrogen-bond donors (Lipinski definition) is 2. The molecule has 162 valence electrons. The Bertz CT molecular complexity index is 1140. The minimum absolute atomic E-state index is 0.122. The summed E-state index contributed by atoms with van der Waals surface area (Å²) in [5.41, 5.74) is 1.93. The highest BCUT2D eigenvalue weighted by Gasteiger charge is 2.18. The molecule has 0 saturated carbocycles. The molecule has 1 amide bonds. The van der Waals surface area contributed by atoms with Crippen molar-refractivity contribution in [1.82, 2.24) is 10.3 Å². The lowest BCUT2D eigenvalue weighted by Gasteiger charge is -2.12. The van der Waals surface area contributed by atoms with E-state index in [1.807, 2.05) is 23.6 Å². The van der Waals surface area contributed by atoms with Gasteiger partial charge in [0.2, 0.25) is 0 Å². The van der Waals surface area contributed by atoms with Crippen molar-refractivity contribution in [1.29, 1.82) is 0 Å². The molecule has 2 N–H and O–H groups in total. The average Bonchev–Trinajstić information content (AvgIpc) is 3.20. The first-order chi connectivity index (χ1) is 14.9. The third kappa shape index (κ3) is 5.53. The Labute approximate surface area is 205 Å². The largest absolute Gasteiger partial charge is 0.495 e. The second kappa shape index (κ2) is 10.4. The van der Waals surface area contributed by atoms with E-state index in [2.05, 4.69) is 47.5 Å². The van der Waals surface area contributed by atoms with Crippen molar-refractivity contribution < 1.29 is 19.0 Å². The second-order valence-electron chi connectivity index (χ2n) is 5.98. The number of thiocarbonyl (C=S) groups is 1. The van der Waals surface area contributed by atoms with E-state index < -0.39 is 5.91 Å². The van der Waals surface area contributed by atoms with Gasteiger partial charge in [0, 0.05) is 15.4 Å². The third-order valence-electron chi connectivity index (χ3n) is 4.09. The maximum atomic E-state index is 12.7. The molecular weight excluding hydrogens is 570 g/mol. The van der Waals surface area contributed by atoms with Crippen LogP contribution in [0.5, 0.6) is 17.2 Å². The number of thiazole rings is 1. The Morgan fingerprint density at radius 3 is 2.48 bits per heavy atom. The van der Waals surface area contributed by atoms with Gasteiger partial charge in [0.15, 0.2) is 21.7 Å². The lowest BCUT2D eigenvalue weighted by molar-refractivity contribution is 0.0974. The summed E-state index contributed by atoms with van der Waals surface area (Å²) < 4.78 is 17.3. The standard InChI is InChI=1S/C20H17Br2N3O4S2/c1-27-15-5-4-10(6-16(15)28-2)14-9-31-20(23-14)25-19(30)24-18(26)12-7-11(21)8-13(22)17(12)29-3/h4-9H,1-3H3,(H2,23,24,25,26,30). The summed E-state index contributed by atoms with van der Waals surface area (Å²) in [6, 6.07) is 8.99. The number of hydrogen-bond acceptors (Lipinski definition) is 7. The molecule has 3 rings (SSSR count). The van der Waals surface area contributed by atoms with Gasteiger partial charge in [-0.05, 0) is 58.5 Å². The summed E-state index contributed by atoms with van der Waals surface area (Å²) in [5, 5.41) is 8.12. The normalized spacial score (nSPS) is 10.4. The Morgan fingerprint density at radius 2 is 1.81 bits per heavy atom. The molecule has 0 atom stereocenters. The third-order valence-corrected chi connectivity index (χ3v) is 6.10. The molecule has 7 nitrogen and oxygen atoms in total. The number of carbonyl (C=O) groups excluding carboxylic acids is 1. The monoisotopic (exact) mass is 585 g/mol. The van der Waals surface area contributed by atoms with Crippen molar-refractivity contribution in [3.8, 4) is 28.5 Å². The van der Waals surface area contributed by atoms with Crippen LogP contribution in [-0.2, 0) is 0 Å². The Morgan fingerprint density at radius 1 is 1.06 bits per heavy atom. The van der Waals surface area contributed by atoms with Gasteiger partial charge < -0.3 is 19.5 Å². The first-order valence-corrected chi connectivity index (χ1v) is 11.6. The zero-order valence-corrected chi connectivity index (χ0v) is 21.4. The van der Waals surface area contributed by atoms with Gasteiger partial charge in [-0.15, -0.1) is 11.3 Å². The second-order valence-corrected chi connectivity index (χ2v) is 9.02. The topological polar surface area (TPSA) is 81.7 Å². The number of methoxy groups -OCH3 is 3. The average molecular weight is 587 g/mol. The van der Waals surface area contributed by atoms with Gasteiger partial charge in [-0.25, -0.2) is 4.98 Å². The van der Waals surface area contributed by atoms with E-state index in [1.165, 1.54) is 18.4 Å². The van der Waals surface area contributed by atoms with Crippen LogP contribution >= 0.6 is 55.4 Å². The van der Waals surface area contributed by atoms with Gasteiger partial charge in [-0.1, -0.05) is 15.9 Å². The summed E-state index contributed by atoms with van der Waals surface area (Å²) in [6.45, 7) is 0. The Balaban J connectivity index is 1.72. The van der Waals surface area contributed by atoms with Crippen LogP contribution in [0.2, 0.25) is 0 Å². The number of nitrogens with zero attached hydrogens (tertiary/aromatic N) is 1. The lowest BCUT2D eigenvalue weighted by atomic mass is 10.1. The van der Waals surface area contributed by atoms with E-state index >= 15 is 0 Å².